The Morgan fingerprint density at radius 1 is 1.53 bits per heavy atom. The smallest absolute Gasteiger partial charge is 0.162 e. The summed E-state index contributed by atoms with van der Waals surface area (Å²) in [6.07, 6.45) is 4.23. The van der Waals surface area contributed by atoms with E-state index in [9.17, 15) is 4.79 Å². The van der Waals surface area contributed by atoms with E-state index in [0.717, 1.165) is 12.3 Å². The predicted molar refractivity (Wildman–Crippen MR) is 70.9 cm³/mol. The molecule has 0 bridgehead atoms. The molecule has 17 heavy (non-hydrogen) atoms. The first-order valence-corrected chi connectivity index (χ1v) is 6.58. The second-order valence-electron chi connectivity index (χ2n) is 6.52. The summed E-state index contributed by atoms with van der Waals surface area (Å²) in [7, 11) is 0. The van der Waals surface area contributed by atoms with E-state index in [4.69, 9.17) is 4.74 Å². The number of carbonyl (C=O) groups excluding carboxylic acids is 1. The maximum absolute atomic E-state index is 12.2. The minimum absolute atomic E-state index is 0.0437. The van der Waals surface area contributed by atoms with Crippen LogP contribution in [0.2, 0.25) is 0 Å². The van der Waals surface area contributed by atoms with Crippen LogP contribution in [0, 0.1) is 17.3 Å². The van der Waals surface area contributed by atoms with Gasteiger partial charge >= 0.3 is 0 Å². The lowest BCUT2D eigenvalue weighted by atomic mass is 9.87. The summed E-state index contributed by atoms with van der Waals surface area (Å²) in [5, 5.41) is 0. The lowest BCUT2D eigenvalue weighted by Gasteiger charge is -2.22. The molecule has 1 aliphatic rings. The molecule has 0 spiro atoms. The van der Waals surface area contributed by atoms with Gasteiger partial charge in [0, 0.05) is 6.42 Å². The molecule has 1 saturated carbocycles. The van der Waals surface area contributed by atoms with Crippen LogP contribution in [0.15, 0.2) is 12.7 Å². The third-order valence-corrected chi connectivity index (χ3v) is 3.27. The third kappa shape index (κ3) is 5.49. The Balaban J connectivity index is 2.48. The van der Waals surface area contributed by atoms with Crippen molar-refractivity contribution in [1.82, 2.24) is 0 Å². The highest BCUT2D eigenvalue weighted by molar-refractivity contribution is 5.83. The Hall–Kier alpha value is -0.630. The van der Waals surface area contributed by atoms with Crippen LogP contribution < -0.4 is 0 Å². The van der Waals surface area contributed by atoms with Crippen LogP contribution in [0.5, 0.6) is 0 Å². The zero-order chi connectivity index (χ0) is 13.1. The van der Waals surface area contributed by atoms with E-state index in [-0.39, 0.29) is 17.3 Å². The Morgan fingerprint density at radius 2 is 2.12 bits per heavy atom. The maximum atomic E-state index is 12.2. The molecule has 0 heterocycles. The van der Waals surface area contributed by atoms with Crippen molar-refractivity contribution in [3.63, 3.8) is 0 Å². The molecule has 3 unspecified atom stereocenters. The van der Waals surface area contributed by atoms with Gasteiger partial charge in [0.25, 0.3) is 0 Å². The van der Waals surface area contributed by atoms with E-state index < -0.39 is 0 Å². The van der Waals surface area contributed by atoms with Gasteiger partial charge in [-0.15, -0.1) is 6.58 Å². The molecule has 1 fully saturated rings. The highest BCUT2D eigenvalue weighted by Crippen LogP contribution is 2.42. The summed E-state index contributed by atoms with van der Waals surface area (Å²) < 4.78 is 5.63. The van der Waals surface area contributed by atoms with Crippen LogP contribution >= 0.6 is 0 Å². The average Bonchev–Trinajstić information content (AvgIpc) is 2.86. The SMILES string of the molecule is C=CCOC(CC1CC1C)C(=O)CC(C)(C)C. The van der Waals surface area contributed by atoms with Crippen molar-refractivity contribution < 1.29 is 9.53 Å². The number of ether oxygens (including phenoxy) is 1. The molecule has 0 aliphatic heterocycles. The van der Waals surface area contributed by atoms with E-state index in [1.165, 1.54) is 6.42 Å². The molecule has 98 valence electrons. The molecule has 3 atom stereocenters. The largest absolute Gasteiger partial charge is 0.366 e. The first-order valence-electron chi connectivity index (χ1n) is 6.58. The van der Waals surface area contributed by atoms with Crippen molar-refractivity contribution in [2.24, 2.45) is 17.3 Å². The molecule has 1 aliphatic carbocycles. The summed E-state index contributed by atoms with van der Waals surface area (Å²) in [6.45, 7) is 12.6. The number of hydrogen-bond donors (Lipinski definition) is 0. The number of ketones is 1. The van der Waals surface area contributed by atoms with E-state index in [1.807, 2.05) is 0 Å². The van der Waals surface area contributed by atoms with Crippen molar-refractivity contribution >= 4 is 5.78 Å². The first-order chi connectivity index (χ1) is 7.83. The monoisotopic (exact) mass is 238 g/mol. The van der Waals surface area contributed by atoms with Gasteiger partial charge in [0.15, 0.2) is 5.78 Å². The Bertz CT molecular complexity index is 275. The fraction of sp³-hybridized carbons (Fsp3) is 0.800. The van der Waals surface area contributed by atoms with Gasteiger partial charge in [-0.1, -0.05) is 33.8 Å². The molecule has 0 aromatic heterocycles. The molecule has 2 nitrogen and oxygen atoms in total. The number of rotatable bonds is 7. The third-order valence-electron chi connectivity index (χ3n) is 3.27. The zero-order valence-corrected chi connectivity index (χ0v) is 11.7. The average molecular weight is 238 g/mol. The normalized spacial score (nSPS) is 25.4. The van der Waals surface area contributed by atoms with Gasteiger partial charge in [-0.3, -0.25) is 4.79 Å². The van der Waals surface area contributed by atoms with Gasteiger partial charge in [-0.2, -0.15) is 0 Å². The molecule has 0 N–H and O–H groups in total. The number of hydrogen-bond acceptors (Lipinski definition) is 2. The molecule has 0 amide bonds. The van der Waals surface area contributed by atoms with Crippen LogP contribution in [0.1, 0.15) is 47.0 Å². The van der Waals surface area contributed by atoms with Gasteiger partial charge in [0.1, 0.15) is 6.10 Å². The van der Waals surface area contributed by atoms with Gasteiger partial charge in [0.2, 0.25) is 0 Å². The molecule has 1 rings (SSSR count). The predicted octanol–water partition coefficient (Wildman–Crippen LogP) is 3.61. The molecule has 0 radical (unpaired) electrons. The molecule has 0 aromatic rings. The minimum Gasteiger partial charge on any atom is -0.366 e. The number of carbonyl (C=O) groups is 1. The van der Waals surface area contributed by atoms with Crippen molar-refractivity contribution in [3.8, 4) is 0 Å². The van der Waals surface area contributed by atoms with Gasteiger partial charge in [-0.25, -0.2) is 0 Å². The van der Waals surface area contributed by atoms with Crippen LogP contribution in [0.3, 0.4) is 0 Å². The fourth-order valence-corrected chi connectivity index (χ4v) is 2.12. The minimum atomic E-state index is -0.220. The van der Waals surface area contributed by atoms with Crippen molar-refractivity contribution in [2.45, 2.75) is 53.1 Å². The lowest BCUT2D eigenvalue weighted by molar-refractivity contribution is -0.132. The van der Waals surface area contributed by atoms with Gasteiger partial charge < -0.3 is 4.74 Å². The van der Waals surface area contributed by atoms with Gasteiger partial charge in [0.05, 0.1) is 6.61 Å². The Labute approximate surface area is 105 Å². The summed E-state index contributed by atoms with van der Waals surface area (Å²) in [6, 6.07) is 0. The zero-order valence-electron chi connectivity index (χ0n) is 11.7. The lowest BCUT2D eigenvalue weighted by Crippen LogP contribution is -2.29. The summed E-state index contributed by atoms with van der Waals surface area (Å²) in [5.74, 6) is 1.71. The van der Waals surface area contributed by atoms with E-state index in [1.54, 1.807) is 6.08 Å². The van der Waals surface area contributed by atoms with Crippen LogP contribution in [-0.4, -0.2) is 18.5 Å². The molecule has 0 aromatic carbocycles. The van der Waals surface area contributed by atoms with E-state index in [2.05, 4.69) is 34.3 Å². The van der Waals surface area contributed by atoms with Crippen LogP contribution in [0.25, 0.3) is 0 Å². The van der Waals surface area contributed by atoms with Crippen LogP contribution in [-0.2, 0) is 9.53 Å². The van der Waals surface area contributed by atoms with Crippen molar-refractivity contribution in [1.29, 1.82) is 0 Å². The molecule has 0 saturated heterocycles. The summed E-state index contributed by atoms with van der Waals surface area (Å²) in [4.78, 5) is 12.2. The van der Waals surface area contributed by atoms with Crippen molar-refractivity contribution in [2.75, 3.05) is 6.61 Å². The highest BCUT2D eigenvalue weighted by Gasteiger charge is 2.37. The molecule has 2 heteroatoms. The molecular formula is C15H26O2. The Morgan fingerprint density at radius 3 is 2.53 bits per heavy atom. The van der Waals surface area contributed by atoms with Gasteiger partial charge in [-0.05, 0) is 30.1 Å². The summed E-state index contributed by atoms with van der Waals surface area (Å²) in [5.41, 5.74) is 0.0437. The van der Waals surface area contributed by atoms with Crippen molar-refractivity contribution in [3.05, 3.63) is 12.7 Å². The Kier molecular flexibility index (Phi) is 4.93. The van der Waals surface area contributed by atoms with E-state index in [0.29, 0.717) is 18.9 Å². The standard InChI is InChI=1S/C15H26O2/c1-6-7-17-14(9-12-8-11(12)2)13(16)10-15(3,4)5/h6,11-12,14H,1,7-10H2,2-5H3. The maximum Gasteiger partial charge on any atom is 0.162 e. The quantitative estimate of drug-likeness (QED) is 0.633. The van der Waals surface area contributed by atoms with E-state index >= 15 is 0 Å². The van der Waals surface area contributed by atoms with Crippen LogP contribution in [0.4, 0.5) is 0 Å². The molecular weight excluding hydrogens is 212 g/mol. The first kappa shape index (κ1) is 14.4. The highest BCUT2D eigenvalue weighted by atomic mass is 16.5. The fourth-order valence-electron chi connectivity index (χ4n) is 2.12. The summed E-state index contributed by atoms with van der Waals surface area (Å²) >= 11 is 0. The number of Topliss-reactive ketones (excluding diaryl/α,β-unsaturated/α-hetero) is 1. The second kappa shape index (κ2) is 5.81. The second-order valence-corrected chi connectivity index (χ2v) is 6.52. The topological polar surface area (TPSA) is 26.3 Å².